The Morgan fingerprint density at radius 2 is 1.92 bits per heavy atom. The number of nitrogens with one attached hydrogen (secondary N) is 2. The molecule has 4 N–H and O–H groups in total. The lowest BCUT2D eigenvalue weighted by Gasteiger charge is -2.09. The molecule has 8 heteroatoms. The highest BCUT2D eigenvalue weighted by Gasteiger charge is 2.16. The van der Waals surface area contributed by atoms with E-state index in [4.69, 9.17) is 14.9 Å². The Morgan fingerprint density at radius 3 is 2.73 bits per heavy atom. The molecule has 1 aromatic carbocycles. The van der Waals surface area contributed by atoms with Crippen LogP contribution in [0.3, 0.4) is 0 Å². The first kappa shape index (κ1) is 17.4. The first-order chi connectivity index (χ1) is 12.6. The third-order valence-electron chi connectivity index (χ3n) is 3.69. The van der Waals surface area contributed by atoms with Crippen LogP contribution >= 0.6 is 0 Å². The summed E-state index contributed by atoms with van der Waals surface area (Å²) in [5.41, 5.74) is 11.8. The third-order valence-corrected chi connectivity index (χ3v) is 3.69. The average molecular weight is 354 g/mol. The van der Waals surface area contributed by atoms with Crippen molar-refractivity contribution in [2.45, 2.75) is 13.5 Å². The molecule has 8 nitrogen and oxygen atoms in total. The number of ether oxygens (including phenoxy) is 1. The lowest BCUT2D eigenvalue weighted by molar-refractivity contribution is 0.0821. The van der Waals surface area contributed by atoms with Gasteiger partial charge in [-0.2, -0.15) is 0 Å². The van der Waals surface area contributed by atoms with Gasteiger partial charge in [-0.1, -0.05) is 18.2 Å². The van der Waals surface area contributed by atoms with Crippen LogP contribution in [0.25, 0.3) is 10.9 Å². The monoisotopic (exact) mass is 354 g/mol. The molecule has 2 amide bonds. The highest BCUT2D eigenvalue weighted by Crippen LogP contribution is 2.22. The maximum Gasteiger partial charge on any atom is 0.305 e. The first-order valence-electron chi connectivity index (χ1n) is 8.00. The van der Waals surface area contributed by atoms with Crippen LogP contribution in [0.5, 0.6) is 0 Å². The van der Waals surface area contributed by atoms with Crippen LogP contribution in [0.2, 0.25) is 0 Å². The molecular formula is C18H18N4O4. The number of carbonyl (C=O) groups excluding carboxylic acids is 2. The zero-order chi connectivity index (χ0) is 18.5. The van der Waals surface area contributed by atoms with Crippen LogP contribution in [-0.2, 0) is 11.3 Å². The third kappa shape index (κ3) is 3.65. The molecule has 0 radical (unpaired) electrons. The Kier molecular flexibility index (Phi) is 5.14. The number of nitrogens with zero attached hydrogens (tertiary/aromatic N) is 1. The number of carbonyl (C=O) groups is 2. The van der Waals surface area contributed by atoms with E-state index in [1.54, 1.807) is 24.3 Å². The van der Waals surface area contributed by atoms with Gasteiger partial charge in [-0.25, -0.2) is 0 Å². The van der Waals surface area contributed by atoms with Gasteiger partial charge in [-0.3, -0.25) is 25.4 Å². The minimum Gasteiger partial charge on any atom is -0.453 e. The minimum atomic E-state index is -0.589. The van der Waals surface area contributed by atoms with Crippen molar-refractivity contribution in [3.63, 3.8) is 0 Å². The standard InChI is InChI=1S/C18H18N4O4/c1-2-25-10-11-7-8-15(26-11)18(24)22-21-17(23)13-9-20-14-6-4-3-5-12(14)16(13)19/h3-9H,2,10H2,1H3,(H2,19,20)(H,21,23)(H,22,24). The molecule has 26 heavy (non-hydrogen) atoms. The second-order valence-corrected chi connectivity index (χ2v) is 5.41. The van der Waals surface area contributed by atoms with Gasteiger partial charge in [0.05, 0.1) is 16.8 Å². The van der Waals surface area contributed by atoms with E-state index in [1.807, 2.05) is 13.0 Å². The molecule has 2 aromatic heterocycles. The maximum atomic E-state index is 12.3. The van der Waals surface area contributed by atoms with Gasteiger partial charge in [0.25, 0.3) is 5.91 Å². The summed E-state index contributed by atoms with van der Waals surface area (Å²) >= 11 is 0. The second kappa shape index (κ2) is 7.66. The second-order valence-electron chi connectivity index (χ2n) is 5.41. The molecule has 134 valence electrons. The highest BCUT2D eigenvalue weighted by molar-refractivity contribution is 6.06. The molecule has 3 rings (SSSR count). The lowest BCUT2D eigenvalue weighted by atomic mass is 10.1. The summed E-state index contributed by atoms with van der Waals surface area (Å²) in [6, 6.07) is 10.3. The summed E-state index contributed by atoms with van der Waals surface area (Å²) in [5.74, 6) is -0.584. The minimum absolute atomic E-state index is 0.0598. The van der Waals surface area contributed by atoms with Crippen molar-refractivity contribution in [3.05, 3.63) is 59.7 Å². The topological polar surface area (TPSA) is 119 Å². The number of aromatic nitrogens is 1. The fourth-order valence-corrected chi connectivity index (χ4v) is 2.37. The highest BCUT2D eigenvalue weighted by atomic mass is 16.5. The Labute approximate surface area is 149 Å². The average Bonchev–Trinajstić information content (AvgIpc) is 3.14. The van der Waals surface area contributed by atoms with Crippen LogP contribution in [0.1, 0.15) is 33.6 Å². The number of pyridine rings is 1. The summed E-state index contributed by atoms with van der Waals surface area (Å²) in [6.07, 6.45) is 1.37. The number of benzene rings is 1. The van der Waals surface area contributed by atoms with Crippen molar-refractivity contribution in [2.75, 3.05) is 12.3 Å². The van der Waals surface area contributed by atoms with E-state index in [2.05, 4.69) is 15.8 Å². The van der Waals surface area contributed by atoms with E-state index < -0.39 is 11.8 Å². The number of hydrogen-bond donors (Lipinski definition) is 3. The predicted molar refractivity (Wildman–Crippen MR) is 95.1 cm³/mol. The first-order valence-corrected chi connectivity index (χ1v) is 8.00. The smallest absolute Gasteiger partial charge is 0.305 e. The van der Waals surface area contributed by atoms with Crippen molar-refractivity contribution in [1.29, 1.82) is 0 Å². The van der Waals surface area contributed by atoms with Gasteiger partial charge < -0.3 is 14.9 Å². The number of nitrogen functional groups attached to an aromatic ring is 1. The Balaban J connectivity index is 1.66. The quantitative estimate of drug-likeness (QED) is 0.603. The molecule has 0 saturated carbocycles. The largest absolute Gasteiger partial charge is 0.453 e. The van der Waals surface area contributed by atoms with Gasteiger partial charge in [0.15, 0.2) is 5.76 Å². The van der Waals surface area contributed by atoms with Crippen LogP contribution in [0, 0.1) is 0 Å². The zero-order valence-electron chi connectivity index (χ0n) is 14.1. The number of amides is 2. The van der Waals surface area contributed by atoms with Crippen LogP contribution in [0.15, 0.2) is 47.0 Å². The van der Waals surface area contributed by atoms with E-state index in [0.717, 1.165) is 0 Å². The molecule has 0 fully saturated rings. The number of fused-ring (bicyclic) bond motifs is 1. The van der Waals surface area contributed by atoms with Crippen molar-refractivity contribution in [3.8, 4) is 0 Å². The summed E-state index contributed by atoms with van der Waals surface area (Å²) in [4.78, 5) is 28.5. The van der Waals surface area contributed by atoms with Crippen LogP contribution in [-0.4, -0.2) is 23.4 Å². The molecule has 0 aliphatic heterocycles. The molecule has 0 spiro atoms. The van der Waals surface area contributed by atoms with Gasteiger partial charge in [-0.05, 0) is 25.1 Å². The van der Waals surface area contributed by atoms with E-state index in [-0.39, 0.29) is 17.9 Å². The van der Waals surface area contributed by atoms with Gasteiger partial charge in [0.2, 0.25) is 0 Å². The molecule has 0 unspecified atom stereocenters. The SMILES string of the molecule is CCOCc1ccc(C(=O)NNC(=O)c2cnc3ccccc3c2N)o1. The van der Waals surface area contributed by atoms with Crippen molar-refractivity contribution in [2.24, 2.45) is 0 Å². The normalized spacial score (nSPS) is 10.7. The number of nitrogens with two attached hydrogens (primary N) is 1. The van der Waals surface area contributed by atoms with Crippen LogP contribution < -0.4 is 16.6 Å². The molecule has 0 atom stereocenters. The van der Waals surface area contributed by atoms with Gasteiger partial charge in [0.1, 0.15) is 12.4 Å². The van der Waals surface area contributed by atoms with Gasteiger partial charge in [0, 0.05) is 18.2 Å². The molecular weight excluding hydrogens is 336 g/mol. The number of anilines is 1. The Hall–Kier alpha value is -3.39. The van der Waals surface area contributed by atoms with Crippen molar-refractivity contribution >= 4 is 28.4 Å². The molecule has 0 saturated heterocycles. The van der Waals surface area contributed by atoms with Crippen LogP contribution in [0.4, 0.5) is 5.69 Å². The molecule has 3 aromatic rings. The predicted octanol–water partition coefficient (Wildman–Crippen LogP) is 2.02. The molecule has 2 heterocycles. The maximum absolute atomic E-state index is 12.3. The van der Waals surface area contributed by atoms with Crippen molar-refractivity contribution < 1.29 is 18.7 Å². The number of rotatable bonds is 5. The fraction of sp³-hybridized carbons (Fsp3) is 0.167. The van der Waals surface area contributed by atoms with Crippen molar-refractivity contribution in [1.82, 2.24) is 15.8 Å². The summed E-state index contributed by atoms with van der Waals surface area (Å²) in [7, 11) is 0. The number of hydrogen-bond acceptors (Lipinski definition) is 6. The number of furan rings is 1. The van der Waals surface area contributed by atoms with E-state index in [1.165, 1.54) is 12.3 Å². The molecule has 0 aliphatic carbocycles. The number of hydrazine groups is 1. The summed E-state index contributed by atoms with van der Waals surface area (Å²) < 4.78 is 10.5. The van der Waals surface area contributed by atoms with E-state index in [9.17, 15) is 9.59 Å². The zero-order valence-corrected chi connectivity index (χ0v) is 14.1. The molecule has 0 bridgehead atoms. The fourth-order valence-electron chi connectivity index (χ4n) is 2.37. The molecule has 0 aliphatic rings. The lowest BCUT2D eigenvalue weighted by Crippen LogP contribution is -2.41. The Morgan fingerprint density at radius 1 is 1.15 bits per heavy atom. The van der Waals surface area contributed by atoms with Gasteiger partial charge >= 0.3 is 5.91 Å². The summed E-state index contributed by atoms with van der Waals surface area (Å²) in [6.45, 7) is 2.67. The summed E-state index contributed by atoms with van der Waals surface area (Å²) in [5, 5.41) is 0.665. The van der Waals surface area contributed by atoms with E-state index >= 15 is 0 Å². The number of para-hydroxylation sites is 1. The van der Waals surface area contributed by atoms with E-state index in [0.29, 0.717) is 29.0 Å². The Bertz CT molecular complexity index is 951. The van der Waals surface area contributed by atoms with Gasteiger partial charge in [-0.15, -0.1) is 0 Å².